The zero-order valence-electron chi connectivity index (χ0n) is 6.78. The lowest BCUT2D eigenvalue weighted by atomic mass is 10.3. The number of aromatic nitrogens is 1. The Labute approximate surface area is 75.7 Å². The number of carbonyl (C=O) groups is 1. The Kier molecular flexibility index (Phi) is 3.60. The van der Waals surface area contributed by atoms with Gasteiger partial charge in [0.2, 0.25) is 5.91 Å². The third kappa shape index (κ3) is 2.92. The molecule has 1 N–H and O–H groups in total. The van der Waals surface area contributed by atoms with Gasteiger partial charge < -0.3 is 4.72 Å². The Bertz CT molecular complexity index is 250. The van der Waals surface area contributed by atoms with Gasteiger partial charge in [0.05, 0.1) is 6.42 Å². The lowest BCUT2D eigenvalue weighted by molar-refractivity contribution is -0.118. The van der Waals surface area contributed by atoms with E-state index in [1.54, 1.807) is 6.20 Å². The van der Waals surface area contributed by atoms with Crippen LogP contribution in [0.3, 0.4) is 0 Å². The monoisotopic (exact) mass is 182 g/mol. The van der Waals surface area contributed by atoms with Crippen molar-refractivity contribution in [3.63, 3.8) is 0 Å². The van der Waals surface area contributed by atoms with Crippen LogP contribution in [-0.4, -0.2) is 17.1 Å². The topological polar surface area (TPSA) is 42.0 Å². The average Bonchev–Trinajstić information content (AvgIpc) is 2.06. The molecule has 0 saturated heterocycles. The molecule has 0 radical (unpaired) electrons. The van der Waals surface area contributed by atoms with Crippen molar-refractivity contribution in [2.24, 2.45) is 0 Å². The van der Waals surface area contributed by atoms with Gasteiger partial charge >= 0.3 is 0 Å². The van der Waals surface area contributed by atoms with Crippen molar-refractivity contribution >= 4 is 17.9 Å². The number of pyridine rings is 1. The second-order valence-corrected chi connectivity index (χ2v) is 2.84. The van der Waals surface area contributed by atoms with E-state index in [0.29, 0.717) is 6.42 Å². The number of rotatable bonds is 3. The van der Waals surface area contributed by atoms with Crippen LogP contribution in [0, 0.1) is 0 Å². The quantitative estimate of drug-likeness (QED) is 0.710. The fourth-order valence-corrected chi connectivity index (χ4v) is 1.12. The minimum atomic E-state index is -0.0128. The van der Waals surface area contributed by atoms with Gasteiger partial charge in [0.1, 0.15) is 0 Å². The van der Waals surface area contributed by atoms with Crippen LogP contribution in [-0.2, 0) is 11.2 Å². The minimum absolute atomic E-state index is 0.0128. The van der Waals surface area contributed by atoms with Gasteiger partial charge in [-0.1, -0.05) is 18.0 Å². The highest BCUT2D eigenvalue weighted by Crippen LogP contribution is 1.95. The predicted molar refractivity (Wildman–Crippen MR) is 49.6 cm³/mol. The van der Waals surface area contributed by atoms with Crippen molar-refractivity contribution < 1.29 is 4.79 Å². The second-order valence-electron chi connectivity index (χ2n) is 2.23. The first kappa shape index (κ1) is 9.06. The molecule has 64 valence electrons. The maximum atomic E-state index is 11.0. The van der Waals surface area contributed by atoms with E-state index in [1.807, 2.05) is 24.5 Å². The van der Waals surface area contributed by atoms with E-state index in [-0.39, 0.29) is 5.91 Å². The number of nitrogens with zero attached hydrogens (tertiary/aromatic N) is 1. The van der Waals surface area contributed by atoms with Gasteiger partial charge in [-0.3, -0.25) is 9.78 Å². The Balaban J connectivity index is 2.47. The molecule has 0 fully saturated rings. The molecule has 0 atom stereocenters. The average molecular weight is 182 g/mol. The first-order chi connectivity index (χ1) is 5.83. The maximum absolute atomic E-state index is 11.0. The summed E-state index contributed by atoms with van der Waals surface area (Å²) in [5, 5.41) is 0. The van der Waals surface area contributed by atoms with Crippen molar-refractivity contribution in [1.82, 2.24) is 9.71 Å². The van der Waals surface area contributed by atoms with Crippen LogP contribution in [0.2, 0.25) is 0 Å². The normalized spacial score (nSPS) is 9.42. The highest BCUT2D eigenvalue weighted by atomic mass is 32.2. The molecule has 0 aliphatic heterocycles. The molecule has 1 amide bonds. The Morgan fingerprint density at radius 1 is 1.67 bits per heavy atom. The van der Waals surface area contributed by atoms with Gasteiger partial charge in [-0.15, -0.1) is 0 Å². The molecule has 0 spiro atoms. The van der Waals surface area contributed by atoms with Crippen LogP contribution in [0.15, 0.2) is 24.4 Å². The first-order valence-corrected chi connectivity index (χ1v) is 4.77. The van der Waals surface area contributed by atoms with Crippen molar-refractivity contribution in [3.8, 4) is 0 Å². The van der Waals surface area contributed by atoms with Gasteiger partial charge in [0, 0.05) is 18.1 Å². The van der Waals surface area contributed by atoms with E-state index in [2.05, 4.69) is 9.71 Å². The van der Waals surface area contributed by atoms with Crippen LogP contribution in [0.25, 0.3) is 0 Å². The van der Waals surface area contributed by atoms with Crippen LogP contribution in [0.1, 0.15) is 5.69 Å². The summed E-state index contributed by atoms with van der Waals surface area (Å²) >= 11 is 1.30. The Hall–Kier alpha value is -1.03. The second kappa shape index (κ2) is 4.77. The van der Waals surface area contributed by atoms with Crippen LogP contribution in [0.4, 0.5) is 0 Å². The lowest BCUT2D eigenvalue weighted by Gasteiger charge is -1.99. The molecule has 4 heteroatoms. The van der Waals surface area contributed by atoms with Gasteiger partial charge in [-0.2, -0.15) is 0 Å². The highest BCUT2D eigenvalue weighted by molar-refractivity contribution is 7.97. The largest absolute Gasteiger partial charge is 0.300 e. The van der Waals surface area contributed by atoms with Crippen molar-refractivity contribution in [3.05, 3.63) is 30.1 Å². The van der Waals surface area contributed by atoms with Crippen LogP contribution >= 0.6 is 11.9 Å². The zero-order chi connectivity index (χ0) is 8.81. The smallest absolute Gasteiger partial charge is 0.235 e. The third-order valence-electron chi connectivity index (χ3n) is 1.28. The molecule has 12 heavy (non-hydrogen) atoms. The number of nitrogens with one attached hydrogen (secondary N) is 1. The molecule has 1 aromatic rings. The third-order valence-corrected chi connectivity index (χ3v) is 1.72. The molecule has 0 bridgehead atoms. The summed E-state index contributed by atoms with van der Waals surface area (Å²) in [7, 11) is 0. The zero-order valence-corrected chi connectivity index (χ0v) is 7.60. The maximum Gasteiger partial charge on any atom is 0.235 e. The summed E-state index contributed by atoms with van der Waals surface area (Å²) in [4.78, 5) is 15.1. The molecular weight excluding hydrogens is 172 g/mol. The fraction of sp³-hybridized carbons (Fsp3) is 0.250. The number of hydrogen-bond donors (Lipinski definition) is 1. The van der Waals surface area contributed by atoms with E-state index < -0.39 is 0 Å². The van der Waals surface area contributed by atoms with Crippen LogP contribution < -0.4 is 4.72 Å². The summed E-state index contributed by atoms with van der Waals surface area (Å²) in [5.41, 5.74) is 0.795. The van der Waals surface area contributed by atoms with Gasteiger partial charge in [-0.25, -0.2) is 0 Å². The van der Waals surface area contributed by atoms with Crippen molar-refractivity contribution in [1.29, 1.82) is 0 Å². The van der Waals surface area contributed by atoms with Crippen LogP contribution in [0.5, 0.6) is 0 Å². The van der Waals surface area contributed by atoms with Crippen molar-refractivity contribution in [2.45, 2.75) is 6.42 Å². The Morgan fingerprint density at radius 2 is 2.50 bits per heavy atom. The van der Waals surface area contributed by atoms with E-state index in [0.717, 1.165) is 5.69 Å². The van der Waals surface area contributed by atoms with Gasteiger partial charge in [-0.05, 0) is 12.1 Å². The summed E-state index contributed by atoms with van der Waals surface area (Å²) < 4.78 is 2.63. The van der Waals surface area contributed by atoms with Gasteiger partial charge in [0.15, 0.2) is 0 Å². The van der Waals surface area contributed by atoms with Crippen molar-refractivity contribution in [2.75, 3.05) is 6.26 Å². The minimum Gasteiger partial charge on any atom is -0.300 e. The number of hydrogen-bond acceptors (Lipinski definition) is 3. The fourth-order valence-electron chi connectivity index (χ4n) is 0.817. The van der Waals surface area contributed by atoms with E-state index >= 15 is 0 Å². The SMILES string of the molecule is CSNC(=O)Cc1ccccn1. The summed E-state index contributed by atoms with van der Waals surface area (Å²) in [6.07, 6.45) is 3.85. The Morgan fingerprint density at radius 3 is 3.08 bits per heavy atom. The molecule has 0 aliphatic carbocycles. The molecule has 1 rings (SSSR count). The molecule has 0 unspecified atom stereocenters. The summed E-state index contributed by atoms with van der Waals surface area (Å²) in [6.45, 7) is 0. The first-order valence-electron chi connectivity index (χ1n) is 3.54. The van der Waals surface area contributed by atoms with Gasteiger partial charge in [0.25, 0.3) is 0 Å². The van der Waals surface area contributed by atoms with E-state index in [4.69, 9.17) is 0 Å². The standard InChI is InChI=1S/C8H10N2OS/c1-12-10-8(11)6-7-4-2-3-5-9-7/h2-5H,6H2,1H3,(H,10,11). The molecule has 0 aliphatic rings. The van der Waals surface area contributed by atoms with E-state index in [9.17, 15) is 4.79 Å². The molecule has 1 aromatic heterocycles. The molecule has 0 saturated carbocycles. The molecule has 0 aromatic carbocycles. The summed E-state index contributed by atoms with van der Waals surface area (Å²) in [5.74, 6) is -0.0128. The molecular formula is C8H10N2OS. The number of amides is 1. The van der Waals surface area contributed by atoms with E-state index in [1.165, 1.54) is 11.9 Å². The highest BCUT2D eigenvalue weighted by Gasteiger charge is 2.01. The number of carbonyl (C=O) groups excluding carboxylic acids is 1. The lowest BCUT2D eigenvalue weighted by Crippen LogP contribution is -2.17. The predicted octanol–water partition coefficient (Wildman–Crippen LogP) is 1.02. The molecule has 3 nitrogen and oxygen atoms in total. The molecule has 1 heterocycles. The summed E-state index contributed by atoms with van der Waals surface area (Å²) in [6, 6.07) is 5.53.